The molecule has 4 unspecified atom stereocenters. The van der Waals surface area contributed by atoms with Crippen molar-refractivity contribution in [3.8, 4) is 5.75 Å². The number of hydrogen-bond donors (Lipinski definition) is 5. The highest BCUT2D eigenvalue weighted by molar-refractivity contribution is 6.14. The van der Waals surface area contributed by atoms with Gasteiger partial charge in [-0.25, -0.2) is 4.79 Å². The van der Waals surface area contributed by atoms with Crippen molar-refractivity contribution in [3.63, 3.8) is 0 Å². The summed E-state index contributed by atoms with van der Waals surface area (Å²) >= 11 is 0. The summed E-state index contributed by atoms with van der Waals surface area (Å²) in [7, 11) is 0. The fourth-order valence-corrected chi connectivity index (χ4v) is 4.42. The Labute approximate surface area is 194 Å². The lowest BCUT2D eigenvalue weighted by molar-refractivity contribution is -0.246. The third kappa shape index (κ3) is 3.82. The molecule has 0 radical (unpaired) electrons. The van der Waals surface area contributed by atoms with E-state index in [2.05, 4.69) is 11.1 Å². The molecular formula is C25H25NO8. The van der Waals surface area contributed by atoms with E-state index in [4.69, 9.17) is 19.3 Å². The van der Waals surface area contributed by atoms with Crippen LogP contribution in [0.4, 0.5) is 0 Å². The number of aliphatic hydroxyl groups is 4. The maximum atomic E-state index is 13.1. The zero-order chi connectivity index (χ0) is 23.9. The molecule has 2 heterocycles. The van der Waals surface area contributed by atoms with Gasteiger partial charge in [0, 0.05) is 24.9 Å². The number of carbonyl (C=O) groups excluding carboxylic acids is 1. The van der Waals surface area contributed by atoms with Crippen molar-refractivity contribution < 1.29 is 39.4 Å². The second kappa shape index (κ2) is 8.95. The number of nitrogens with one attached hydrogen (secondary N) is 1. The van der Waals surface area contributed by atoms with E-state index in [-0.39, 0.29) is 25.4 Å². The van der Waals surface area contributed by atoms with Crippen molar-refractivity contribution >= 4 is 38.4 Å². The lowest BCUT2D eigenvalue weighted by Crippen LogP contribution is -2.47. The lowest BCUT2D eigenvalue weighted by atomic mass is 10.0. The second-order valence-electron chi connectivity index (χ2n) is 8.38. The van der Waals surface area contributed by atoms with E-state index in [0.29, 0.717) is 5.39 Å². The molecule has 5 N–H and O–H groups in total. The molecule has 0 spiro atoms. The third-order valence-electron chi connectivity index (χ3n) is 6.18. The third-order valence-corrected chi connectivity index (χ3v) is 6.18. The summed E-state index contributed by atoms with van der Waals surface area (Å²) in [5, 5.41) is 44.0. The van der Waals surface area contributed by atoms with Gasteiger partial charge in [0.15, 0.2) is 11.9 Å². The maximum absolute atomic E-state index is 13.1. The molecule has 1 aromatic heterocycles. The summed E-state index contributed by atoms with van der Waals surface area (Å²) in [6.45, 7) is -1.08. The number of aromatic nitrogens is 1. The first-order chi connectivity index (χ1) is 16.4. The molecule has 0 bridgehead atoms. The minimum absolute atomic E-state index is 0.0116. The van der Waals surface area contributed by atoms with Crippen LogP contribution in [0.5, 0.6) is 5.75 Å². The van der Waals surface area contributed by atoms with E-state index in [9.17, 15) is 20.1 Å². The zero-order valence-corrected chi connectivity index (χ0v) is 18.2. The first-order valence-corrected chi connectivity index (χ1v) is 11.0. The summed E-state index contributed by atoms with van der Waals surface area (Å²) in [6, 6.07) is 15.9. The summed E-state index contributed by atoms with van der Waals surface area (Å²) < 4.78 is 16.5. The van der Waals surface area contributed by atoms with Gasteiger partial charge in [-0.3, -0.25) is 0 Å². The van der Waals surface area contributed by atoms with Gasteiger partial charge in [-0.2, -0.15) is 0 Å². The molecular weight excluding hydrogens is 442 g/mol. The predicted molar refractivity (Wildman–Crippen MR) is 123 cm³/mol. The summed E-state index contributed by atoms with van der Waals surface area (Å²) in [5.41, 5.74) is 0.764. The number of esters is 1. The van der Waals surface area contributed by atoms with Crippen LogP contribution < -0.4 is 4.74 Å². The van der Waals surface area contributed by atoms with E-state index in [1.54, 1.807) is 6.20 Å². The monoisotopic (exact) mass is 467 g/mol. The van der Waals surface area contributed by atoms with Gasteiger partial charge in [0.2, 0.25) is 5.79 Å². The quantitative estimate of drug-likeness (QED) is 0.157. The molecule has 178 valence electrons. The summed E-state index contributed by atoms with van der Waals surface area (Å²) in [5.74, 6) is -3.01. The van der Waals surface area contributed by atoms with Crippen molar-refractivity contribution in [1.29, 1.82) is 0 Å². The average Bonchev–Trinajstić information content (AvgIpc) is 3.37. The Balaban J connectivity index is 1.50. The van der Waals surface area contributed by atoms with Crippen LogP contribution in [0.1, 0.15) is 6.42 Å². The van der Waals surface area contributed by atoms with Gasteiger partial charge in [0.25, 0.3) is 0 Å². The van der Waals surface area contributed by atoms with Crippen molar-refractivity contribution in [2.24, 2.45) is 0 Å². The fraction of sp³-hybridized carbons (Fsp3) is 0.320. The Bertz CT molecular complexity index is 1350. The van der Waals surface area contributed by atoms with Gasteiger partial charge in [-0.15, -0.1) is 0 Å². The normalized spacial score (nSPS) is 24.9. The molecule has 3 aromatic carbocycles. The number of hydrogen-bond acceptors (Lipinski definition) is 8. The highest BCUT2D eigenvalue weighted by Crippen LogP contribution is 2.37. The minimum atomic E-state index is -2.38. The van der Waals surface area contributed by atoms with Crippen LogP contribution in [0.15, 0.2) is 54.7 Å². The van der Waals surface area contributed by atoms with E-state index >= 15 is 0 Å². The van der Waals surface area contributed by atoms with Gasteiger partial charge in [-0.1, -0.05) is 30.3 Å². The van der Waals surface area contributed by atoms with Crippen LogP contribution >= 0.6 is 0 Å². The van der Waals surface area contributed by atoms with Crippen LogP contribution in [0.3, 0.4) is 0 Å². The number of benzene rings is 3. The number of ether oxygens (including phenoxy) is 3. The van der Waals surface area contributed by atoms with E-state index in [1.165, 1.54) is 0 Å². The van der Waals surface area contributed by atoms with Crippen molar-refractivity contribution in [2.45, 2.75) is 30.5 Å². The highest BCUT2D eigenvalue weighted by Gasteiger charge is 2.57. The van der Waals surface area contributed by atoms with Crippen LogP contribution in [0.2, 0.25) is 0 Å². The molecule has 0 amide bonds. The lowest BCUT2D eigenvalue weighted by Gasteiger charge is -2.23. The fourth-order valence-electron chi connectivity index (χ4n) is 4.42. The zero-order valence-electron chi connectivity index (χ0n) is 18.2. The Morgan fingerprint density at radius 3 is 2.59 bits per heavy atom. The van der Waals surface area contributed by atoms with E-state index in [0.717, 1.165) is 27.1 Å². The largest absolute Gasteiger partial charge is 0.422 e. The number of rotatable bonds is 7. The molecule has 1 aliphatic rings. The van der Waals surface area contributed by atoms with E-state index < -0.39 is 36.7 Å². The first-order valence-electron chi connectivity index (χ1n) is 11.0. The van der Waals surface area contributed by atoms with Gasteiger partial charge >= 0.3 is 5.97 Å². The Morgan fingerprint density at radius 1 is 1.09 bits per heavy atom. The molecule has 9 nitrogen and oxygen atoms in total. The van der Waals surface area contributed by atoms with Gasteiger partial charge in [0.05, 0.1) is 12.0 Å². The van der Waals surface area contributed by atoms with Crippen LogP contribution in [0.25, 0.3) is 32.4 Å². The number of H-pyrrole nitrogens is 1. The van der Waals surface area contributed by atoms with Gasteiger partial charge in [-0.05, 0) is 46.2 Å². The second-order valence-corrected chi connectivity index (χ2v) is 8.38. The molecule has 1 saturated heterocycles. The number of fused-ring (bicyclic) bond motifs is 4. The minimum Gasteiger partial charge on any atom is -0.422 e. The van der Waals surface area contributed by atoms with Crippen molar-refractivity contribution in [2.75, 3.05) is 19.8 Å². The molecule has 1 fully saturated rings. The smallest absolute Gasteiger partial charge is 0.343 e. The Kier molecular flexibility index (Phi) is 5.98. The molecule has 0 aliphatic carbocycles. The highest BCUT2D eigenvalue weighted by atomic mass is 16.7. The van der Waals surface area contributed by atoms with Crippen molar-refractivity contribution in [3.05, 3.63) is 54.7 Å². The molecule has 4 aromatic rings. The van der Waals surface area contributed by atoms with Crippen LogP contribution in [-0.2, 0) is 14.3 Å². The standard InChI is InChI=1S/C25H25NO8/c27-8-3-9-32-21-22(34-25(31,13-28)23(21)29)24(30)33-19-12-26-18-7-6-16-10-14-4-1-2-5-15(14)11-17(16)20(18)19/h1-2,4-7,10-12,21-23,26-29,31H,3,8-9,13H2. The van der Waals surface area contributed by atoms with Crippen LogP contribution in [-0.4, -0.2) is 75.3 Å². The van der Waals surface area contributed by atoms with Gasteiger partial charge < -0.3 is 39.6 Å². The SMILES string of the molecule is O=C(Oc1c[nH]c2ccc3cc4ccccc4cc3c12)C1OC(O)(CO)C(O)C1OCCCO. The van der Waals surface area contributed by atoms with Gasteiger partial charge in [0.1, 0.15) is 12.2 Å². The average molecular weight is 467 g/mol. The van der Waals surface area contributed by atoms with Crippen LogP contribution in [0, 0.1) is 0 Å². The molecule has 1 aliphatic heterocycles. The number of aliphatic hydroxyl groups excluding tert-OH is 3. The first kappa shape index (κ1) is 22.7. The molecule has 34 heavy (non-hydrogen) atoms. The molecule has 4 atom stereocenters. The number of carbonyl (C=O) groups is 1. The topological polar surface area (TPSA) is 141 Å². The molecule has 0 saturated carbocycles. The Morgan fingerprint density at radius 2 is 1.85 bits per heavy atom. The summed E-state index contributed by atoms with van der Waals surface area (Å²) in [6.07, 6.45) is -2.66. The van der Waals surface area contributed by atoms with E-state index in [1.807, 2.05) is 42.5 Å². The maximum Gasteiger partial charge on any atom is 0.343 e. The Hall–Kier alpha value is -3.05. The number of aromatic amines is 1. The van der Waals surface area contributed by atoms with Crippen molar-refractivity contribution in [1.82, 2.24) is 4.98 Å². The summed E-state index contributed by atoms with van der Waals surface area (Å²) in [4.78, 5) is 16.2. The molecule has 9 heteroatoms. The molecule has 5 rings (SSSR count). The predicted octanol–water partition coefficient (Wildman–Crippen LogP) is 1.59.